The van der Waals surface area contributed by atoms with E-state index in [1.807, 2.05) is 37.3 Å². The second kappa shape index (κ2) is 58.7. The predicted octanol–water partition coefficient (Wildman–Crippen LogP) is 2.51. The third-order valence-corrected chi connectivity index (χ3v) is 11.7. The van der Waals surface area contributed by atoms with Crippen molar-refractivity contribution < 1.29 is 117 Å². The van der Waals surface area contributed by atoms with Crippen LogP contribution in [0.25, 0.3) is 0 Å². The lowest BCUT2D eigenvalue weighted by Gasteiger charge is -2.09. The van der Waals surface area contributed by atoms with E-state index < -0.39 is 15.0 Å². The number of nitro benzene ring substituents is 1. The molecule has 496 valence electrons. The highest BCUT2D eigenvalue weighted by molar-refractivity contribution is 7.85. The largest absolute Gasteiger partial charge is 0.744 e. The molecule has 1 heterocycles. The minimum absolute atomic E-state index is 0.0209. The summed E-state index contributed by atoms with van der Waals surface area (Å²) in [4.78, 5) is 10.0. The van der Waals surface area contributed by atoms with Crippen molar-refractivity contribution in [1.82, 2.24) is 4.57 Å². The maximum absolute atomic E-state index is 10.7. The van der Waals surface area contributed by atoms with Gasteiger partial charge < -0.3 is 99.3 Å². The Morgan fingerprint density at radius 2 is 0.628 bits per heavy atom. The summed E-state index contributed by atoms with van der Waals surface area (Å²) in [5, 5.41) is 10.7. The quantitative estimate of drug-likeness (QED) is 0.0258. The lowest BCUT2D eigenvalue weighted by molar-refractivity contribution is -0.671. The van der Waals surface area contributed by atoms with Crippen LogP contribution >= 0.6 is 0 Å². The molecule has 0 unspecified atom stereocenters. The van der Waals surface area contributed by atoms with E-state index >= 15 is 0 Å². The predicted molar refractivity (Wildman–Crippen MR) is 309 cm³/mol. The fourth-order valence-corrected chi connectivity index (χ4v) is 6.92. The third-order valence-electron chi connectivity index (χ3n) is 10.9. The summed E-state index contributed by atoms with van der Waals surface area (Å²) in [6, 6.07) is 11.7. The average Bonchev–Trinajstić information content (AvgIpc) is 4.08. The Bertz CT molecular complexity index is 2050. The molecule has 2 aromatic carbocycles. The highest BCUT2D eigenvalue weighted by Gasteiger charge is 2.06. The number of non-ortho nitro benzene ring substituents is 1. The Morgan fingerprint density at radius 3 is 0.849 bits per heavy atom. The van der Waals surface area contributed by atoms with Crippen LogP contribution in [0, 0.1) is 17.0 Å². The van der Waals surface area contributed by atoms with E-state index in [0.717, 1.165) is 12.1 Å². The first-order valence-electron chi connectivity index (χ1n) is 29.0. The van der Waals surface area contributed by atoms with Crippen molar-refractivity contribution in [3.05, 3.63) is 82.9 Å². The molecule has 0 N–H and O–H groups in total. The summed E-state index contributed by atoms with van der Waals surface area (Å²) in [5.74, 6) is 0.551. The van der Waals surface area contributed by atoms with Gasteiger partial charge in [-0.05, 0) is 31.2 Å². The van der Waals surface area contributed by atoms with Crippen molar-refractivity contribution in [1.29, 1.82) is 0 Å². The van der Waals surface area contributed by atoms with Gasteiger partial charge in [0.05, 0.1) is 268 Å². The average molecular weight is 1260 g/mol. The Balaban J connectivity index is 0.00000205. The van der Waals surface area contributed by atoms with E-state index in [0.29, 0.717) is 263 Å². The van der Waals surface area contributed by atoms with Crippen molar-refractivity contribution in [2.24, 2.45) is 7.05 Å². The van der Waals surface area contributed by atoms with Gasteiger partial charge in [0.2, 0.25) is 6.33 Å². The molecule has 3 rings (SSSR count). The lowest BCUT2D eigenvalue weighted by atomic mass is 10.2. The van der Waals surface area contributed by atoms with Crippen LogP contribution in [0.15, 0.2) is 72.1 Å². The smallest absolute Gasteiger partial charge is 0.269 e. The molecule has 0 saturated heterocycles. The van der Waals surface area contributed by atoms with E-state index in [1.54, 1.807) is 24.3 Å². The fourth-order valence-electron chi connectivity index (χ4n) is 6.45. The van der Waals surface area contributed by atoms with Crippen molar-refractivity contribution in [2.75, 3.05) is 258 Å². The standard InChI is InChI=1S/C50H90N3O22.C7H8O3S/c1-51-6-7-52(48-51)8-9-56-10-11-57-12-13-58-14-15-59-16-17-60-18-19-61-20-21-62-22-23-63-24-25-64-26-27-65-28-29-66-30-31-67-32-33-68-34-35-69-36-37-70-38-39-71-40-41-72-42-43-73-44-45-74-46-47-75-50-4-2-49(3-5-50)53(54)55;1-6-2-4-7(5-3-6)11(8,9)10/h2-7,48H,8-47H2,1H3;2-5H,1H3,(H,8,9,10)/q+1;/p-1. The van der Waals surface area contributed by atoms with Crippen molar-refractivity contribution >= 4 is 15.8 Å². The molecule has 0 spiro atoms. The van der Waals surface area contributed by atoms with Crippen LogP contribution in [0.3, 0.4) is 0 Å². The minimum atomic E-state index is -4.27. The number of ether oxygens (including phenoxy) is 20. The second-order valence-corrected chi connectivity index (χ2v) is 19.2. The molecule has 0 aliphatic heterocycles. The highest BCUT2D eigenvalue weighted by atomic mass is 32.2. The number of aromatic nitrogens is 2. The van der Waals surface area contributed by atoms with Gasteiger partial charge in [0.25, 0.3) is 5.69 Å². The molecule has 29 heteroatoms. The number of hydrogen-bond donors (Lipinski definition) is 0. The van der Waals surface area contributed by atoms with Gasteiger partial charge in [-0.25, -0.2) is 17.6 Å². The summed E-state index contributed by atoms with van der Waals surface area (Å²) in [6.07, 6.45) is 6.03. The van der Waals surface area contributed by atoms with Crippen LogP contribution in [0.1, 0.15) is 5.56 Å². The number of nitro groups is 1. The van der Waals surface area contributed by atoms with Crippen LogP contribution in [-0.4, -0.2) is 280 Å². The van der Waals surface area contributed by atoms with Crippen LogP contribution in [0.5, 0.6) is 5.75 Å². The summed E-state index contributed by atoms with van der Waals surface area (Å²) in [6.45, 7) is 21.6. The van der Waals surface area contributed by atoms with E-state index in [1.165, 1.54) is 24.3 Å². The first-order chi connectivity index (χ1) is 42.1. The van der Waals surface area contributed by atoms with Gasteiger partial charge in [-0.15, -0.1) is 0 Å². The number of aryl methyl sites for hydroxylation is 2. The maximum Gasteiger partial charge on any atom is 0.269 e. The molecule has 86 heavy (non-hydrogen) atoms. The summed E-state index contributed by atoms with van der Waals surface area (Å²) >= 11 is 0. The molecule has 0 saturated carbocycles. The first-order valence-corrected chi connectivity index (χ1v) is 30.4. The number of nitrogens with zero attached hydrogens (tertiary/aromatic N) is 3. The van der Waals surface area contributed by atoms with Crippen molar-refractivity contribution in [3.8, 4) is 5.75 Å². The van der Waals surface area contributed by atoms with Gasteiger partial charge in [0.1, 0.15) is 41.4 Å². The first kappa shape index (κ1) is 78.1. The number of imidazole rings is 1. The molecular formula is C57H97N3O25S. The summed E-state index contributed by atoms with van der Waals surface area (Å²) in [7, 11) is -2.28. The zero-order valence-corrected chi connectivity index (χ0v) is 51.4. The van der Waals surface area contributed by atoms with Crippen molar-refractivity contribution in [3.63, 3.8) is 0 Å². The highest BCUT2D eigenvalue weighted by Crippen LogP contribution is 2.17. The van der Waals surface area contributed by atoms with Gasteiger partial charge in [0, 0.05) is 12.1 Å². The van der Waals surface area contributed by atoms with E-state index in [4.69, 9.17) is 94.7 Å². The Kier molecular flexibility index (Phi) is 53.3. The van der Waals surface area contributed by atoms with E-state index in [2.05, 4.69) is 4.57 Å². The number of hydrogen-bond acceptors (Lipinski definition) is 25. The van der Waals surface area contributed by atoms with Crippen LogP contribution in [0.2, 0.25) is 0 Å². The second-order valence-electron chi connectivity index (χ2n) is 17.8. The molecule has 0 aliphatic rings. The molecule has 0 atom stereocenters. The molecule has 1 aromatic heterocycles. The SMILES string of the molecule is C[n+]1ccn(CCOCCOCCOCCOCCOCCOCCOCCOCCOCCOCCOCCOCCOCCOCCOCCOCCOCCOCCOCCOc2ccc([N+](=O)[O-])cc2)c1.Cc1ccc(S(=O)(=O)[O-])cc1. The van der Waals surface area contributed by atoms with Gasteiger partial charge in [0.15, 0.2) is 0 Å². The van der Waals surface area contributed by atoms with Gasteiger partial charge in [-0.3, -0.25) is 10.1 Å². The topological polar surface area (TPSA) is 294 Å². The molecular weight excluding hydrogens is 1160 g/mol. The van der Waals surface area contributed by atoms with Gasteiger partial charge in [-0.1, -0.05) is 17.7 Å². The van der Waals surface area contributed by atoms with E-state index in [-0.39, 0.29) is 10.6 Å². The monoisotopic (exact) mass is 1260 g/mol. The van der Waals surface area contributed by atoms with E-state index in [9.17, 15) is 23.1 Å². The molecule has 0 aliphatic carbocycles. The minimum Gasteiger partial charge on any atom is -0.744 e. The van der Waals surface area contributed by atoms with Gasteiger partial charge >= 0.3 is 0 Å². The van der Waals surface area contributed by atoms with Crippen LogP contribution < -0.4 is 9.30 Å². The van der Waals surface area contributed by atoms with Gasteiger partial charge in [-0.2, -0.15) is 0 Å². The summed E-state index contributed by atoms with van der Waals surface area (Å²) in [5.41, 5.74) is 0.949. The molecule has 0 fully saturated rings. The summed E-state index contributed by atoms with van der Waals surface area (Å²) < 4.78 is 145. The number of benzene rings is 2. The lowest BCUT2D eigenvalue weighted by Crippen LogP contribution is -2.24. The molecule has 0 bridgehead atoms. The fraction of sp³-hybridized carbons (Fsp3) is 0.737. The molecule has 0 amide bonds. The van der Waals surface area contributed by atoms with Crippen LogP contribution in [0.4, 0.5) is 5.69 Å². The Morgan fingerprint density at radius 1 is 0.384 bits per heavy atom. The maximum atomic E-state index is 10.7. The molecule has 28 nitrogen and oxygen atoms in total. The van der Waals surface area contributed by atoms with Crippen LogP contribution in [-0.2, 0) is 114 Å². The third kappa shape index (κ3) is 52.0. The Hall–Kier alpha value is -4.00. The zero-order chi connectivity index (χ0) is 61.7. The Labute approximate surface area is 507 Å². The zero-order valence-electron chi connectivity index (χ0n) is 50.6. The van der Waals surface area contributed by atoms with Crippen molar-refractivity contribution in [2.45, 2.75) is 18.4 Å². The number of rotatable bonds is 63. The molecule has 3 aromatic rings. The molecule has 0 radical (unpaired) electrons. The normalized spacial score (nSPS) is 11.6.